The number of carbonyl (C=O) groups excluding carboxylic acids is 1. The molecule has 3 rings (SSSR count). The van der Waals surface area contributed by atoms with Crippen molar-refractivity contribution in [2.75, 3.05) is 27.2 Å². The first-order valence-electron chi connectivity index (χ1n) is 7.67. The molecular weight excluding hydrogens is 284 g/mol. The highest BCUT2D eigenvalue weighted by Gasteiger charge is 2.43. The first kappa shape index (κ1) is 14.8. The number of carbonyl (C=O) groups is 1. The summed E-state index contributed by atoms with van der Waals surface area (Å²) in [6.45, 7) is 3.65. The van der Waals surface area contributed by atoms with E-state index in [-0.39, 0.29) is 11.6 Å². The lowest BCUT2D eigenvalue weighted by molar-refractivity contribution is 0.123. The average Bonchev–Trinajstić information content (AvgIpc) is 3.16. The minimum Gasteiger partial charge on any atom is -0.331 e. The topological polar surface area (TPSA) is 48.5 Å². The van der Waals surface area contributed by atoms with Gasteiger partial charge in [-0.3, -0.25) is 0 Å². The smallest absolute Gasteiger partial charge is 0.319 e. The number of piperidine rings is 1. The third kappa shape index (κ3) is 3.06. The molecule has 5 nitrogen and oxygen atoms in total. The predicted octanol–water partition coefficient (Wildman–Crippen LogP) is 2.18. The zero-order valence-corrected chi connectivity index (χ0v) is 13.9. The number of hydrogen-bond acceptors (Lipinski definition) is 4. The molecule has 0 radical (unpaired) electrons. The van der Waals surface area contributed by atoms with Gasteiger partial charge in [-0.2, -0.15) is 0 Å². The highest BCUT2D eigenvalue weighted by molar-refractivity contribution is 7.09. The molecule has 2 aliphatic rings. The van der Waals surface area contributed by atoms with Gasteiger partial charge in [0.25, 0.3) is 0 Å². The maximum atomic E-state index is 12.1. The number of hydrogen-bond donors (Lipinski definition) is 1. The molecule has 1 saturated carbocycles. The third-order valence-electron chi connectivity index (χ3n) is 4.36. The molecule has 116 valence electrons. The van der Waals surface area contributed by atoms with Crippen LogP contribution in [0.4, 0.5) is 4.79 Å². The van der Waals surface area contributed by atoms with E-state index < -0.39 is 0 Å². The monoisotopic (exact) mass is 308 g/mol. The Kier molecular flexibility index (Phi) is 3.92. The van der Waals surface area contributed by atoms with Crippen molar-refractivity contribution in [3.8, 4) is 0 Å². The molecule has 21 heavy (non-hydrogen) atoms. The van der Waals surface area contributed by atoms with Crippen molar-refractivity contribution in [3.05, 3.63) is 16.1 Å². The van der Waals surface area contributed by atoms with Crippen molar-refractivity contribution in [1.29, 1.82) is 0 Å². The van der Waals surface area contributed by atoms with E-state index in [1.54, 1.807) is 16.2 Å². The number of urea groups is 1. The quantitative estimate of drug-likeness (QED) is 0.931. The molecule has 1 saturated heterocycles. The minimum atomic E-state index is -0.0246. The van der Waals surface area contributed by atoms with Crippen LogP contribution >= 0.6 is 11.3 Å². The van der Waals surface area contributed by atoms with Gasteiger partial charge in [-0.15, -0.1) is 11.3 Å². The number of thiazole rings is 1. The van der Waals surface area contributed by atoms with Crippen LogP contribution < -0.4 is 5.32 Å². The molecule has 0 spiro atoms. The van der Waals surface area contributed by atoms with Gasteiger partial charge in [0.2, 0.25) is 0 Å². The van der Waals surface area contributed by atoms with Gasteiger partial charge >= 0.3 is 6.03 Å². The first-order valence-corrected chi connectivity index (χ1v) is 8.55. The Morgan fingerprint density at radius 3 is 2.57 bits per heavy atom. The molecule has 1 aromatic heterocycles. The van der Waals surface area contributed by atoms with Gasteiger partial charge in [0.15, 0.2) is 0 Å². The summed E-state index contributed by atoms with van der Waals surface area (Å²) in [5, 5.41) is 7.15. The maximum Gasteiger partial charge on any atom is 0.319 e. The zero-order chi connectivity index (χ0) is 15.0. The molecule has 0 atom stereocenters. The molecule has 1 aliphatic carbocycles. The standard InChI is InChI=1S/C15H24N4OS/c1-11-10-21-13(16-11)15(17-12-4-5-12)6-8-19(9-7-15)14(20)18(2)3/h10,12,17H,4-9H2,1-3H3. The second kappa shape index (κ2) is 5.57. The van der Waals surface area contributed by atoms with Crippen LogP contribution in [0.15, 0.2) is 5.38 Å². The lowest BCUT2D eigenvalue weighted by atomic mass is 9.87. The van der Waals surface area contributed by atoms with Crippen LogP contribution in [0.3, 0.4) is 0 Å². The Bertz CT molecular complexity index is 515. The number of aryl methyl sites for hydroxylation is 1. The van der Waals surface area contributed by atoms with Crippen molar-refractivity contribution >= 4 is 17.4 Å². The molecule has 2 amide bonds. The molecular formula is C15H24N4OS. The fourth-order valence-electron chi connectivity index (χ4n) is 2.97. The number of amides is 2. The summed E-state index contributed by atoms with van der Waals surface area (Å²) in [6.07, 6.45) is 4.45. The first-order chi connectivity index (χ1) is 10.00. The largest absolute Gasteiger partial charge is 0.331 e. The average molecular weight is 308 g/mol. The Morgan fingerprint density at radius 1 is 1.43 bits per heavy atom. The normalized spacial score (nSPS) is 21.4. The van der Waals surface area contributed by atoms with Gasteiger partial charge in [-0.05, 0) is 32.6 Å². The van der Waals surface area contributed by atoms with Crippen LogP contribution in [0.1, 0.15) is 36.4 Å². The van der Waals surface area contributed by atoms with Crippen LogP contribution in [0.2, 0.25) is 0 Å². The van der Waals surface area contributed by atoms with Gasteiger partial charge in [0.1, 0.15) is 5.01 Å². The molecule has 6 heteroatoms. The number of nitrogens with one attached hydrogen (secondary N) is 1. The van der Waals surface area contributed by atoms with E-state index >= 15 is 0 Å². The van der Waals surface area contributed by atoms with Gasteiger partial charge in [0, 0.05) is 44.3 Å². The summed E-state index contributed by atoms with van der Waals surface area (Å²) in [7, 11) is 3.63. The number of aromatic nitrogens is 1. The van der Waals surface area contributed by atoms with E-state index in [0.29, 0.717) is 6.04 Å². The SMILES string of the molecule is Cc1csc(C2(NC3CC3)CCN(C(=O)N(C)C)CC2)n1. The summed E-state index contributed by atoms with van der Waals surface area (Å²) in [4.78, 5) is 20.5. The van der Waals surface area contributed by atoms with E-state index in [1.807, 2.05) is 19.0 Å². The van der Waals surface area contributed by atoms with E-state index in [1.165, 1.54) is 17.8 Å². The lowest BCUT2D eigenvalue weighted by Crippen LogP contribution is -2.54. The minimum absolute atomic E-state index is 0.0246. The maximum absolute atomic E-state index is 12.1. The van der Waals surface area contributed by atoms with Crippen molar-refractivity contribution in [2.45, 2.75) is 44.2 Å². The van der Waals surface area contributed by atoms with E-state index in [9.17, 15) is 4.79 Å². The Labute approximate surface area is 130 Å². The third-order valence-corrected chi connectivity index (χ3v) is 5.52. The molecule has 2 heterocycles. The molecule has 2 fully saturated rings. The van der Waals surface area contributed by atoms with Crippen LogP contribution in [-0.2, 0) is 5.54 Å². The molecule has 0 bridgehead atoms. The predicted molar refractivity (Wildman–Crippen MR) is 84.6 cm³/mol. The van der Waals surface area contributed by atoms with Crippen LogP contribution in [-0.4, -0.2) is 54.0 Å². The van der Waals surface area contributed by atoms with Crippen molar-refractivity contribution < 1.29 is 4.79 Å². The Hall–Kier alpha value is -1.14. The van der Waals surface area contributed by atoms with E-state index in [4.69, 9.17) is 4.98 Å². The van der Waals surface area contributed by atoms with Crippen molar-refractivity contribution in [2.24, 2.45) is 0 Å². The summed E-state index contributed by atoms with van der Waals surface area (Å²) in [6, 6.07) is 0.760. The number of nitrogens with zero attached hydrogens (tertiary/aromatic N) is 3. The summed E-state index contributed by atoms with van der Waals surface area (Å²) in [5.41, 5.74) is 1.07. The zero-order valence-electron chi connectivity index (χ0n) is 13.1. The van der Waals surface area contributed by atoms with E-state index in [0.717, 1.165) is 31.6 Å². The highest BCUT2D eigenvalue weighted by Crippen LogP contribution is 2.38. The summed E-state index contributed by atoms with van der Waals surface area (Å²) in [5.74, 6) is 0. The fraction of sp³-hybridized carbons (Fsp3) is 0.733. The summed E-state index contributed by atoms with van der Waals surface area (Å²) >= 11 is 1.75. The Morgan fingerprint density at radius 2 is 2.10 bits per heavy atom. The van der Waals surface area contributed by atoms with Gasteiger partial charge in [-0.25, -0.2) is 9.78 Å². The second-order valence-electron chi connectivity index (χ2n) is 6.46. The Balaban J connectivity index is 1.75. The van der Waals surface area contributed by atoms with Gasteiger partial charge in [0.05, 0.1) is 5.54 Å². The summed E-state index contributed by atoms with van der Waals surface area (Å²) < 4.78 is 0. The lowest BCUT2D eigenvalue weighted by Gasteiger charge is -2.42. The van der Waals surface area contributed by atoms with E-state index in [2.05, 4.69) is 17.6 Å². The van der Waals surface area contributed by atoms with Gasteiger partial charge in [-0.1, -0.05) is 0 Å². The van der Waals surface area contributed by atoms with Crippen LogP contribution in [0.5, 0.6) is 0 Å². The van der Waals surface area contributed by atoms with Crippen molar-refractivity contribution in [1.82, 2.24) is 20.1 Å². The van der Waals surface area contributed by atoms with Gasteiger partial charge < -0.3 is 15.1 Å². The number of rotatable bonds is 3. The fourth-order valence-corrected chi connectivity index (χ4v) is 3.99. The molecule has 1 N–H and O–H groups in total. The van der Waals surface area contributed by atoms with Crippen molar-refractivity contribution in [3.63, 3.8) is 0 Å². The molecule has 0 aromatic carbocycles. The second-order valence-corrected chi connectivity index (χ2v) is 7.32. The molecule has 1 aromatic rings. The number of likely N-dealkylation sites (tertiary alicyclic amines) is 1. The van der Waals surface area contributed by atoms with Crippen LogP contribution in [0, 0.1) is 6.92 Å². The molecule has 1 aliphatic heterocycles. The van der Waals surface area contributed by atoms with Crippen LogP contribution in [0.25, 0.3) is 0 Å². The highest BCUT2D eigenvalue weighted by atomic mass is 32.1. The molecule has 0 unspecified atom stereocenters.